The fourth-order valence-corrected chi connectivity index (χ4v) is 3.35. The van der Waals surface area contributed by atoms with Crippen LogP contribution in [0.3, 0.4) is 0 Å². The van der Waals surface area contributed by atoms with Crippen LogP contribution in [-0.4, -0.2) is 21.1 Å². The monoisotopic (exact) mass is 226 g/mol. The fraction of sp³-hybridized carbons (Fsp3) is 0.667. The van der Waals surface area contributed by atoms with E-state index < -0.39 is 5.12 Å². The van der Waals surface area contributed by atoms with Gasteiger partial charge in [-0.05, 0) is 43.4 Å². The van der Waals surface area contributed by atoms with Crippen molar-refractivity contribution in [2.45, 2.75) is 37.7 Å². The van der Waals surface area contributed by atoms with Gasteiger partial charge in [-0.15, -0.1) is 0 Å². The van der Waals surface area contributed by atoms with Crippen LogP contribution in [0, 0.1) is 5.92 Å². The zero-order valence-corrected chi connectivity index (χ0v) is 9.89. The first-order chi connectivity index (χ1) is 7.07. The third-order valence-electron chi connectivity index (χ3n) is 3.12. The summed E-state index contributed by atoms with van der Waals surface area (Å²) < 4.78 is 0. The quantitative estimate of drug-likeness (QED) is 0.675. The number of rotatable bonds is 1. The molecule has 0 amide bonds. The average molecular weight is 226 g/mol. The molecule has 0 radical (unpaired) electrons. The molecule has 1 saturated heterocycles. The molecule has 2 aliphatic rings. The molecular formula is C12H18O2S. The minimum atomic E-state index is -1.51. The van der Waals surface area contributed by atoms with Gasteiger partial charge in [0, 0.05) is 6.42 Å². The molecule has 1 fully saturated rings. The van der Waals surface area contributed by atoms with Crippen molar-refractivity contribution in [1.29, 1.82) is 0 Å². The Kier molecular flexibility index (Phi) is 3.24. The highest BCUT2D eigenvalue weighted by Crippen LogP contribution is 2.40. The second-order valence-electron chi connectivity index (χ2n) is 4.51. The van der Waals surface area contributed by atoms with Crippen LogP contribution < -0.4 is 0 Å². The summed E-state index contributed by atoms with van der Waals surface area (Å²) in [7, 11) is 0. The molecule has 0 spiro atoms. The van der Waals surface area contributed by atoms with Gasteiger partial charge < -0.3 is 10.2 Å². The number of hydrogen-bond donors (Lipinski definition) is 2. The zero-order chi connectivity index (χ0) is 10.9. The second kappa shape index (κ2) is 4.32. The predicted octanol–water partition coefficient (Wildman–Crippen LogP) is 2.43. The van der Waals surface area contributed by atoms with Gasteiger partial charge in [-0.1, -0.05) is 29.5 Å². The Morgan fingerprint density at radius 2 is 2.27 bits per heavy atom. The van der Waals surface area contributed by atoms with Gasteiger partial charge >= 0.3 is 0 Å². The lowest BCUT2D eigenvalue weighted by Crippen LogP contribution is -2.32. The van der Waals surface area contributed by atoms with Crippen molar-refractivity contribution in [3.8, 4) is 0 Å². The Morgan fingerprint density at radius 3 is 2.93 bits per heavy atom. The van der Waals surface area contributed by atoms with E-state index in [2.05, 4.69) is 19.1 Å². The molecule has 15 heavy (non-hydrogen) atoms. The van der Waals surface area contributed by atoms with E-state index in [-0.39, 0.29) is 0 Å². The molecule has 1 unspecified atom stereocenters. The molecule has 1 atom stereocenters. The summed E-state index contributed by atoms with van der Waals surface area (Å²) in [5, 5.41) is 17.7. The zero-order valence-electron chi connectivity index (χ0n) is 9.07. The lowest BCUT2D eigenvalue weighted by atomic mass is 9.87. The summed E-state index contributed by atoms with van der Waals surface area (Å²) in [6.45, 7) is 2.15. The molecule has 3 heteroatoms. The summed E-state index contributed by atoms with van der Waals surface area (Å²) >= 11 is 1.25. The van der Waals surface area contributed by atoms with Gasteiger partial charge in [0.25, 0.3) is 0 Å². The first-order valence-electron chi connectivity index (χ1n) is 5.53. The topological polar surface area (TPSA) is 40.5 Å². The van der Waals surface area contributed by atoms with Gasteiger partial charge in [-0.3, -0.25) is 0 Å². The third kappa shape index (κ3) is 2.86. The Labute approximate surface area is 95.1 Å². The SMILES string of the molecule is CC1=CC(C2CCSC(O)(O)C2)=CCC1. The molecule has 2 N–H and O–H groups in total. The average Bonchev–Trinajstić information content (AvgIpc) is 2.16. The summed E-state index contributed by atoms with van der Waals surface area (Å²) in [6.07, 6.45) is 8.25. The highest BCUT2D eigenvalue weighted by molar-refractivity contribution is 8.00. The van der Waals surface area contributed by atoms with E-state index in [1.807, 2.05) is 0 Å². The molecule has 0 aromatic carbocycles. The highest BCUT2D eigenvalue weighted by atomic mass is 32.2. The van der Waals surface area contributed by atoms with Crippen molar-refractivity contribution in [3.63, 3.8) is 0 Å². The van der Waals surface area contributed by atoms with Crippen LogP contribution in [0.15, 0.2) is 23.3 Å². The van der Waals surface area contributed by atoms with Crippen LogP contribution in [0.25, 0.3) is 0 Å². The third-order valence-corrected chi connectivity index (χ3v) is 4.18. The molecule has 0 saturated carbocycles. The molecule has 84 valence electrons. The standard InChI is InChI=1S/C12H18O2S/c1-9-3-2-4-10(7-9)11-5-6-15-12(13,14)8-11/h4,7,11,13-14H,2-3,5-6,8H2,1H3. The van der Waals surface area contributed by atoms with Gasteiger partial charge in [0.1, 0.15) is 0 Å². The van der Waals surface area contributed by atoms with Crippen molar-refractivity contribution in [2.75, 3.05) is 5.75 Å². The first-order valence-corrected chi connectivity index (χ1v) is 6.51. The van der Waals surface area contributed by atoms with Crippen LogP contribution in [0.1, 0.15) is 32.6 Å². The van der Waals surface area contributed by atoms with Crippen molar-refractivity contribution < 1.29 is 10.2 Å². The van der Waals surface area contributed by atoms with E-state index in [1.165, 1.54) is 22.9 Å². The Hall–Kier alpha value is -0.250. The molecule has 1 aliphatic carbocycles. The number of aliphatic hydroxyl groups is 2. The Bertz CT molecular complexity index is 305. The van der Waals surface area contributed by atoms with Gasteiger partial charge in [0.05, 0.1) is 0 Å². The van der Waals surface area contributed by atoms with Crippen LogP contribution in [-0.2, 0) is 0 Å². The molecule has 1 aliphatic heterocycles. The number of allylic oxidation sites excluding steroid dienone is 4. The van der Waals surface area contributed by atoms with Gasteiger partial charge in [0.15, 0.2) is 0 Å². The molecule has 0 aromatic heterocycles. The summed E-state index contributed by atoms with van der Waals surface area (Å²) in [4.78, 5) is 0. The van der Waals surface area contributed by atoms with Crippen LogP contribution >= 0.6 is 11.8 Å². The van der Waals surface area contributed by atoms with Gasteiger partial charge in [-0.25, -0.2) is 0 Å². The maximum Gasteiger partial charge on any atom is 0.213 e. The van der Waals surface area contributed by atoms with Crippen LogP contribution in [0.5, 0.6) is 0 Å². The summed E-state index contributed by atoms with van der Waals surface area (Å²) in [5.74, 6) is 1.17. The lowest BCUT2D eigenvalue weighted by Gasteiger charge is -2.33. The molecule has 2 rings (SSSR count). The molecule has 1 heterocycles. The minimum Gasteiger partial charge on any atom is -0.357 e. The van der Waals surface area contributed by atoms with E-state index >= 15 is 0 Å². The van der Waals surface area contributed by atoms with Crippen LogP contribution in [0.2, 0.25) is 0 Å². The van der Waals surface area contributed by atoms with Crippen molar-refractivity contribution in [1.82, 2.24) is 0 Å². The van der Waals surface area contributed by atoms with Crippen molar-refractivity contribution in [3.05, 3.63) is 23.3 Å². The Balaban J connectivity index is 2.08. The minimum absolute atomic E-state index is 0.330. The maximum atomic E-state index is 9.61. The van der Waals surface area contributed by atoms with E-state index in [1.54, 1.807) is 0 Å². The summed E-state index contributed by atoms with van der Waals surface area (Å²) in [5.41, 5.74) is 2.72. The molecule has 0 aromatic rings. The van der Waals surface area contributed by atoms with E-state index in [9.17, 15) is 10.2 Å². The highest BCUT2D eigenvalue weighted by Gasteiger charge is 2.34. The maximum absolute atomic E-state index is 9.61. The van der Waals surface area contributed by atoms with Crippen molar-refractivity contribution in [2.24, 2.45) is 5.92 Å². The smallest absolute Gasteiger partial charge is 0.213 e. The van der Waals surface area contributed by atoms with Gasteiger partial charge in [-0.2, -0.15) is 0 Å². The number of hydrogen-bond acceptors (Lipinski definition) is 3. The first kappa shape index (κ1) is 11.2. The predicted molar refractivity (Wildman–Crippen MR) is 63.4 cm³/mol. The Morgan fingerprint density at radius 1 is 1.47 bits per heavy atom. The van der Waals surface area contributed by atoms with Gasteiger partial charge in [0.2, 0.25) is 5.12 Å². The van der Waals surface area contributed by atoms with Crippen molar-refractivity contribution >= 4 is 11.8 Å². The normalized spacial score (nSPS) is 30.7. The lowest BCUT2D eigenvalue weighted by molar-refractivity contribution is -0.0918. The van der Waals surface area contributed by atoms with Crippen LogP contribution in [0.4, 0.5) is 0 Å². The second-order valence-corrected chi connectivity index (χ2v) is 5.87. The molecule has 0 bridgehead atoms. The summed E-state index contributed by atoms with van der Waals surface area (Å²) in [6, 6.07) is 0. The van der Waals surface area contributed by atoms with E-state index in [0.717, 1.165) is 25.0 Å². The molecular weight excluding hydrogens is 208 g/mol. The fourth-order valence-electron chi connectivity index (χ4n) is 2.30. The molecule has 2 nitrogen and oxygen atoms in total. The number of thioether (sulfide) groups is 1. The van der Waals surface area contributed by atoms with E-state index in [4.69, 9.17) is 0 Å². The van der Waals surface area contributed by atoms with E-state index in [0.29, 0.717) is 12.3 Å². The largest absolute Gasteiger partial charge is 0.357 e.